The van der Waals surface area contributed by atoms with Crippen LogP contribution in [0.4, 0.5) is 4.39 Å². The Morgan fingerprint density at radius 2 is 2.08 bits per heavy atom. The van der Waals surface area contributed by atoms with Gasteiger partial charge in [-0.2, -0.15) is 0 Å². The summed E-state index contributed by atoms with van der Waals surface area (Å²) in [6, 6.07) is 7.15. The van der Waals surface area contributed by atoms with Crippen LogP contribution in [0, 0.1) is 5.82 Å². The average Bonchev–Trinajstić information content (AvgIpc) is 2.94. The van der Waals surface area contributed by atoms with Crippen molar-refractivity contribution in [3.8, 4) is 0 Å². The van der Waals surface area contributed by atoms with Gasteiger partial charge in [-0.15, -0.1) is 0 Å². The minimum absolute atomic E-state index is 0.225. The van der Waals surface area contributed by atoms with E-state index in [1.165, 1.54) is 35.2 Å². The van der Waals surface area contributed by atoms with Crippen molar-refractivity contribution in [1.29, 1.82) is 0 Å². The number of halogens is 2. The summed E-state index contributed by atoms with van der Waals surface area (Å²) in [5.41, 5.74) is 0.850. The number of pyridine rings is 1. The number of carbonyl (C=O) groups excluding carboxylic acids is 2. The normalized spacial score (nSPS) is 10.8. The third-order valence-electron chi connectivity index (χ3n) is 3.44. The molecule has 0 spiro atoms. The van der Waals surface area contributed by atoms with E-state index >= 15 is 0 Å². The summed E-state index contributed by atoms with van der Waals surface area (Å²) in [7, 11) is 0. The van der Waals surface area contributed by atoms with Crippen LogP contribution in [0.25, 0.3) is 11.0 Å². The number of fused-ring (bicyclic) bond motifs is 1. The molecular formula is C17H12BrFN2O3. The van der Waals surface area contributed by atoms with Gasteiger partial charge in [-0.05, 0) is 53.2 Å². The fourth-order valence-corrected chi connectivity index (χ4v) is 2.90. The first-order chi connectivity index (χ1) is 11.5. The highest BCUT2D eigenvalue weighted by molar-refractivity contribution is 9.10. The smallest absolute Gasteiger partial charge is 0.340 e. The Hall–Kier alpha value is -2.54. The van der Waals surface area contributed by atoms with Crippen LogP contribution >= 0.6 is 15.9 Å². The molecule has 24 heavy (non-hydrogen) atoms. The molecule has 7 heteroatoms. The molecule has 2 heterocycles. The van der Waals surface area contributed by atoms with Crippen LogP contribution in [0.1, 0.15) is 27.6 Å². The molecule has 0 bridgehead atoms. The van der Waals surface area contributed by atoms with Crippen LogP contribution in [-0.4, -0.2) is 28.0 Å². The Morgan fingerprint density at radius 1 is 1.29 bits per heavy atom. The van der Waals surface area contributed by atoms with E-state index in [0.717, 1.165) is 0 Å². The fourth-order valence-electron chi connectivity index (χ4n) is 2.38. The van der Waals surface area contributed by atoms with E-state index in [0.29, 0.717) is 15.5 Å². The lowest BCUT2D eigenvalue weighted by atomic mass is 10.2. The van der Waals surface area contributed by atoms with Crippen molar-refractivity contribution in [3.05, 3.63) is 64.1 Å². The maximum Gasteiger partial charge on any atom is 0.340 e. The second-order valence-corrected chi connectivity index (χ2v) is 5.79. The van der Waals surface area contributed by atoms with E-state index < -0.39 is 17.7 Å². The molecule has 0 saturated carbocycles. The second kappa shape index (κ2) is 6.52. The lowest BCUT2D eigenvalue weighted by molar-refractivity contribution is 0.0528. The summed E-state index contributed by atoms with van der Waals surface area (Å²) in [6.07, 6.45) is 2.93. The van der Waals surface area contributed by atoms with Crippen molar-refractivity contribution in [3.63, 3.8) is 0 Å². The largest absolute Gasteiger partial charge is 0.462 e. The van der Waals surface area contributed by atoms with Gasteiger partial charge >= 0.3 is 5.97 Å². The first kappa shape index (κ1) is 16.3. The Bertz CT molecular complexity index is 952. The molecule has 0 aliphatic rings. The molecule has 1 aromatic carbocycles. The maximum atomic E-state index is 13.2. The molecular weight excluding hydrogens is 379 g/mol. The highest BCUT2D eigenvalue weighted by Gasteiger charge is 2.22. The number of esters is 1. The molecule has 0 aliphatic heterocycles. The standard InChI is InChI=1S/C17H12BrFN2O3/c1-2-24-17(23)13-9-21(15-11(13)4-3-7-20-15)16(22)12-6-5-10(19)8-14(12)18/h3-9H,2H2,1H3. The molecule has 0 aliphatic carbocycles. The number of rotatable bonds is 3. The van der Waals surface area contributed by atoms with Gasteiger partial charge in [0.25, 0.3) is 5.91 Å². The van der Waals surface area contributed by atoms with E-state index in [-0.39, 0.29) is 17.7 Å². The highest BCUT2D eigenvalue weighted by Crippen LogP contribution is 2.24. The molecule has 0 amide bonds. The number of nitrogens with zero attached hydrogens (tertiary/aromatic N) is 2. The summed E-state index contributed by atoms with van der Waals surface area (Å²) >= 11 is 3.18. The molecule has 0 saturated heterocycles. The Balaban J connectivity index is 2.16. The number of benzene rings is 1. The van der Waals surface area contributed by atoms with Crippen molar-refractivity contribution in [1.82, 2.24) is 9.55 Å². The van der Waals surface area contributed by atoms with Crippen molar-refractivity contribution >= 4 is 38.8 Å². The summed E-state index contributed by atoms with van der Waals surface area (Å²) in [4.78, 5) is 29.1. The van der Waals surface area contributed by atoms with Gasteiger partial charge in [0.15, 0.2) is 0 Å². The Morgan fingerprint density at radius 3 is 2.79 bits per heavy atom. The van der Waals surface area contributed by atoms with Gasteiger partial charge in [-0.25, -0.2) is 14.2 Å². The van der Waals surface area contributed by atoms with E-state index in [4.69, 9.17) is 4.74 Å². The van der Waals surface area contributed by atoms with Crippen LogP contribution in [0.3, 0.4) is 0 Å². The molecule has 5 nitrogen and oxygen atoms in total. The first-order valence-corrected chi connectivity index (χ1v) is 7.95. The molecule has 0 fully saturated rings. The first-order valence-electron chi connectivity index (χ1n) is 7.16. The van der Waals surface area contributed by atoms with Crippen LogP contribution in [0.5, 0.6) is 0 Å². The predicted molar refractivity (Wildman–Crippen MR) is 89.5 cm³/mol. The number of hydrogen-bond acceptors (Lipinski definition) is 4. The maximum absolute atomic E-state index is 13.2. The van der Waals surface area contributed by atoms with Gasteiger partial charge in [-0.3, -0.25) is 9.36 Å². The zero-order valence-electron chi connectivity index (χ0n) is 12.6. The van der Waals surface area contributed by atoms with Gasteiger partial charge in [0, 0.05) is 22.3 Å². The minimum atomic E-state index is -0.528. The zero-order valence-corrected chi connectivity index (χ0v) is 14.2. The summed E-state index contributed by atoms with van der Waals surface area (Å²) in [6.45, 7) is 1.93. The van der Waals surface area contributed by atoms with Crippen molar-refractivity contribution < 1.29 is 18.7 Å². The van der Waals surface area contributed by atoms with Gasteiger partial charge in [-0.1, -0.05) is 0 Å². The molecule has 3 aromatic rings. The molecule has 0 unspecified atom stereocenters. The molecule has 2 aromatic heterocycles. The summed E-state index contributed by atoms with van der Waals surface area (Å²) < 4.78 is 19.8. The van der Waals surface area contributed by atoms with Crippen molar-refractivity contribution in [2.45, 2.75) is 6.92 Å². The number of aromatic nitrogens is 2. The third kappa shape index (κ3) is 2.82. The molecule has 3 rings (SSSR count). The lowest BCUT2D eigenvalue weighted by Gasteiger charge is -2.05. The van der Waals surface area contributed by atoms with Crippen LogP contribution in [-0.2, 0) is 4.74 Å². The Kier molecular flexibility index (Phi) is 4.44. The van der Waals surface area contributed by atoms with E-state index in [1.54, 1.807) is 19.1 Å². The number of carbonyl (C=O) groups is 2. The van der Waals surface area contributed by atoms with E-state index in [1.807, 2.05) is 0 Å². The van der Waals surface area contributed by atoms with E-state index in [2.05, 4.69) is 20.9 Å². The quantitative estimate of drug-likeness (QED) is 0.638. The number of hydrogen-bond donors (Lipinski definition) is 0. The van der Waals surface area contributed by atoms with Gasteiger partial charge in [0.2, 0.25) is 0 Å². The molecule has 0 radical (unpaired) electrons. The molecule has 0 N–H and O–H groups in total. The molecule has 0 atom stereocenters. The predicted octanol–water partition coefficient (Wildman–Crippen LogP) is 3.80. The number of ether oxygens (including phenoxy) is 1. The second-order valence-electron chi connectivity index (χ2n) is 4.94. The SMILES string of the molecule is CCOC(=O)c1cn(C(=O)c2ccc(F)cc2Br)c2ncccc12. The topological polar surface area (TPSA) is 61.2 Å². The van der Waals surface area contributed by atoms with Gasteiger partial charge in [0.1, 0.15) is 11.5 Å². The highest BCUT2D eigenvalue weighted by atomic mass is 79.9. The van der Waals surface area contributed by atoms with Crippen LogP contribution < -0.4 is 0 Å². The Labute approximate surface area is 145 Å². The average molecular weight is 391 g/mol. The van der Waals surface area contributed by atoms with Gasteiger partial charge in [0.05, 0.1) is 17.7 Å². The van der Waals surface area contributed by atoms with Gasteiger partial charge < -0.3 is 4.74 Å². The van der Waals surface area contributed by atoms with Crippen LogP contribution in [0.15, 0.2) is 47.2 Å². The minimum Gasteiger partial charge on any atom is -0.462 e. The monoisotopic (exact) mass is 390 g/mol. The fraction of sp³-hybridized carbons (Fsp3) is 0.118. The van der Waals surface area contributed by atoms with E-state index in [9.17, 15) is 14.0 Å². The zero-order chi connectivity index (χ0) is 17.3. The van der Waals surface area contributed by atoms with Crippen molar-refractivity contribution in [2.24, 2.45) is 0 Å². The summed E-state index contributed by atoms with van der Waals surface area (Å²) in [5, 5.41) is 0.516. The van der Waals surface area contributed by atoms with Crippen LogP contribution in [0.2, 0.25) is 0 Å². The molecule has 122 valence electrons. The third-order valence-corrected chi connectivity index (χ3v) is 4.10. The van der Waals surface area contributed by atoms with Crippen molar-refractivity contribution in [2.75, 3.05) is 6.61 Å². The lowest BCUT2D eigenvalue weighted by Crippen LogP contribution is -2.12. The summed E-state index contributed by atoms with van der Waals surface area (Å²) in [5.74, 6) is -1.41.